The normalized spacial score (nSPS) is 17.1. The summed E-state index contributed by atoms with van der Waals surface area (Å²) in [6.07, 6.45) is 8.46. The van der Waals surface area contributed by atoms with Gasteiger partial charge in [0.1, 0.15) is 11.2 Å². The maximum absolute atomic E-state index is 14.3. The number of rotatable bonds is 14. The molecule has 0 spiro atoms. The summed E-state index contributed by atoms with van der Waals surface area (Å²) in [6.45, 7) is 11.6. The van der Waals surface area contributed by atoms with E-state index in [0.717, 1.165) is 41.5 Å². The predicted octanol–water partition coefficient (Wildman–Crippen LogP) is 10.7. The lowest BCUT2D eigenvalue weighted by atomic mass is 9.58. The zero-order valence-electron chi connectivity index (χ0n) is 30.5. The molecule has 49 heavy (non-hydrogen) atoms. The minimum absolute atomic E-state index is 0.0826. The van der Waals surface area contributed by atoms with Crippen molar-refractivity contribution in [2.45, 2.75) is 96.8 Å². The molecule has 5 rings (SSSR count). The maximum Gasteiger partial charge on any atom is 0.235 e. The number of hydrogen-bond donors (Lipinski definition) is 1. The Labute approximate surface area is 295 Å². The van der Waals surface area contributed by atoms with Gasteiger partial charge in [-0.25, -0.2) is 0 Å². The second kappa shape index (κ2) is 16.2. The lowest BCUT2D eigenvalue weighted by Crippen LogP contribution is -2.53. The summed E-state index contributed by atoms with van der Waals surface area (Å²) in [7, 11) is 0. The van der Waals surface area contributed by atoms with E-state index in [1.54, 1.807) is 0 Å². The third-order valence-electron chi connectivity index (χ3n) is 11.5. The number of nitrogens with one attached hydrogen (secondary N) is 1. The van der Waals surface area contributed by atoms with Crippen LogP contribution in [0.4, 0.5) is 0 Å². The van der Waals surface area contributed by atoms with E-state index in [1.165, 1.54) is 25.7 Å². The van der Waals surface area contributed by atoms with Gasteiger partial charge in [-0.3, -0.25) is 9.59 Å². The Balaban J connectivity index is 1.16. The number of hydrogen-bond acceptors (Lipinski definition) is 2. The van der Waals surface area contributed by atoms with Gasteiger partial charge in [0.15, 0.2) is 0 Å². The smallest absolute Gasteiger partial charge is 0.235 e. The van der Waals surface area contributed by atoms with Crippen molar-refractivity contribution in [3.63, 3.8) is 0 Å². The molecule has 1 fully saturated rings. The van der Waals surface area contributed by atoms with E-state index in [1.807, 2.05) is 48.5 Å². The van der Waals surface area contributed by atoms with Crippen LogP contribution in [0.15, 0.2) is 121 Å². The first-order valence-electron chi connectivity index (χ1n) is 18.7. The summed E-state index contributed by atoms with van der Waals surface area (Å²) in [5, 5.41) is 3.41. The van der Waals surface area contributed by atoms with Crippen molar-refractivity contribution in [1.82, 2.24) is 5.32 Å². The Hall–Kier alpha value is -3.98. The molecule has 0 radical (unpaired) electrons. The van der Waals surface area contributed by atoms with Crippen LogP contribution in [0.3, 0.4) is 0 Å². The zero-order chi connectivity index (χ0) is 34.9. The number of Topliss-reactive ketones (excluding diaryl/α,β-unsaturated/α-hetero) is 1. The molecule has 0 heterocycles. The molecule has 1 saturated carbocycles. The number of carbonyl (C=O) groups excluding carboxylic acids is 2. The quantitative estimate of drug-likeness (QED) is 0.147. The van der Waals surface area contributed by atoms with Gasteiger partial charge in [-0.2, -0.15) is 0 Å². The van der Waals surface area contributed by atoms with Crippen molar-refractivity contribution in [3.05, 3.63) is 144 Å². The third kappa shape index (κ3) is 7.62. The zero-order valence-corrected chi connectivity index (χ0v) is 30.5. The molecule has 0 aliphatic heterocycles. The Morgan fingerprint density at radius 1 is 0.612 bits per heavy atom. The average Bonchev–Trinajstić information content (AvgIpc) is 3.11. The highest BCUT2D eigenvalue weighted by atomic mass is 16.2. The molecular weight excluding hydrogens is 599 g/mol. The SMILES string of the molecule is CC(C)C(C(=O)CCCC1CCC(CCNC(=O)C(c2ccccc2)(c2ccccc2)C(C)(C)C)CC1)(c1ccccc1)c1ccccc1. The van der Waals surface area contributed by atoms with Gasteiger partial charge >= 0.3 is 0 Å². The number of benzene rings is 4. The van der Waals surface area contributed by atoms with E-state index in [4.69, 9.17) is 0 Å². The molecule has 0 bridgehead atoms. The summed E-state index contributed by atoms with van der Waals surface area (Å²) in [5.41, 5.74) is 2.50. The molecule has 0 unspecified atom stereocenters. The third-order valence-corrected chi connectivity index (χ3v) is 11.5. The first-order chi connectivity index (χ1) is 23.6. The molecule has 3 nitrogen and oxygen atoms in total. The second-order valence-electron chi connectivity index (χ2n) is 15.7. The van der Waals surface area contributed by atoms with Crippen LogP contribution in [0.5, 0.6) is 0 Å². The maximum atomic E-state index is 14.3. The number of ketones is 1. The van der Waals surface area contributed by atoms with Crippen LogP contribution in [0.1, 0.15) is 108 Å². The topological polar surface area (TPSA) is 46.2 Å². The minimum Gasteiger partial charge on any atom is -0.355 e. The monoisotopic (exact) mass is 655 g/mol. The fourth-order valence-electron chi connectivity index (χ4n) is 8.97. The van der Waals surface area contributed by atoms with Crippen molar-refractivity contribution in [1.29, 1.82) is 0 Å². The standard InChI is InChI=1S/C46H57NO2/c1-35(2)45(38-20-10-6-11-21-38,39-22-12-7-13-23-39)42(48)28-18-19-36-29-31-37(32-30-36)33-34-47-43(49)46(44(3,4)5,40-24-14-8-15-25-40)41-26-16-9-17-27-41/h6-17,20-27,35-37H,18-19,28-34H2,1-5H3,(H,47,49). The molecule has 0 atom stereocenters. The van der Waals surface area contributed by atoms with Crippen LogP contribution in [0, 0.1) is 23.2 Å². The molecule has 3 heteroatoms. The van der Waals surface area contributed by atoms with E-state index < -0.39 is 10.8 Å². The summed E-state index contributed by atoms with van der Waals surface area (Å²) < 4.78 is 0. The van der Waals surface area contributed by atoms with Crippen molar-refractivity contribution in [2.75, 3.05) is 6.54 Å². The predicted molar refractivity (Wildman–Crippen MR) is 204 cm³/mol. The van der Waals surface area contributed by atoms with E-state index in [2.05, 4.69) is 113 Å². The van der Waals surface area contributed by atoms with Gasteiger partial charge in [-0.1, -0.05) is 188 Å². The molecule has 1 aliphatic rings. The van der Waals surface area contributed by atoms with Gasteiger partial charge in [0.05, 0.1) is 5.41 Å². The van der Waals surface area contributed by atoms with Crippen LogP contribution in [0.25, 0.3) is 0 Å². The van der Waals surface area contributed by atoms with E-state index in [-0.39, 0.29) is 17.2 Å². The highest BCUT2D eigenvalue weighted by Gasteiger charge is 2.51. The van der Waals surface area contributed by atoms with Gasteiger partial charge in [-0.05, 0) is 58.3 Å². The first kappa shape index (κ1) is 36.3. The van der Waals surface area contributed by atoms with Crippen molar-refractivity contribution < 1.29 is 9.59 Å². The van der Waals surface area contributed by atoms with Gasteiger partial charge in [-0.15, -0.1) is 0 Å². The highest BCUT2D eigenvalue weighted by Crippen LogP contribution is 2.47. The Morgan fingerprint density at radius 3 is 1.39 bits per heavy atom. The van der Waals surface area contributed by atoms with Gasteiger partial charge in [0.2, 0.25) is 5.91 Å². The van der Waals surface area contributed by atoms with E-state index in [0.29, 0.717) is 30.6 Å². The Bertz CT molecular complexity index is 1520. The molecule has 4 aromatic carbocycles. The van der Waals surface area contributed by atoms with E-state index >= 15 is 0 Å². The molecule has 258 valence electrons. The van der Waals surface area contributed by atoms with Crippen LogP contribution in [-0.2, 0) is 20.4 Å². The molecular formula is C46H57NO2. The molecule has 1 aliphatic carbocycles. The summed E-state index contributed by atoms with van der Waals surface area (Å²) in [6, 6.07) is 41.3. The summed E-state index contributed by atoms with van der Waals surface area (Å²) in [4.78, 5) is 28.6. The van der Waals surface area contributed by atoms with Crippen LogP contribution in [-0.4, -0.2) is 18.2 Å². The van der Waals surface area contributed by atoms with Gasteiger partial charge in [0, 0.05) is 13.0 Å². The Morgan fingerprint density at radius 2 is 1.00 bits per heavy atom. The van der Waals surface area contributed by atoms with Crippen LogP contribution < -0.4 is 5.32 Å². The van der Waals surface area contributed by atoms with Crippen molar-refractivity contribution >= 4 is 11.7 Å². The molecule has 1 N–H and O–H groups in total. The fourth-order valence-corrected chi connectivity index (χ4v) is 8.97. The number of amides is 1. The largest absolute Gasteiger partial charge is 0.355 e. The molecule has 0 aromatic heterocycles. The molecule has 0 saturated heterocycles. The van der Waals surface area contributed by atoms with E-state index in [9.17, 15) is 9.59 Å². The van der Waals surface area contributed by atoms with Crippen LogP contribution >= 0.6 is 0 Å². The van der Waals surface area contributed by atoms with Gasteiger partial charge < -0.3 is 5.32 Å². The van der Waals surface area contributed by atoms with Crippen molar-refractivity contribution in [3.8, 4) is 0 Å². The first-order valence-corrected chi connectivity index (χ1v) is 18.7. The van der Waals surface area contributed by atoms with Crippen LogP contribution in [0.2, 0.25) is 0 Å². The second-order valence-corrected chi connectivity index (χ2v) is 15.7. The highest BCUT2D eigenvalue weighted by molar-refractivity contribution is 5.94. The summed E-state index contributed by atoms with van der Waals surface area (Å²) in [5.74, 6) is 1.86. The average molecular weight is 656 g/mol. The molecule has 4 aromatic rings. The Kier molecular flexibility index (Phi) is 12.0. The minimum atomic E-state index is -0.793. The van der Waals surface area contributed by atoms with Crippen molar-refractivity contribution in [2.24, 2.45) is 23.2 Å². The summed E-state index contributed by atoms with van der Waals surface area (Å²) >= 11 is 0. The lowest BCUT2D eigenvalue weighted by molar-refractivity contribution is -0.129. The lowest BCUT2D eigenvalue weighted by Gasteiger charge is -2.44. The number of carbonyl (C=O) groups is 2. The molecule has 1 amide bonds. The van der Waals surface area contributed by atoms with Gasteiger partial charge in [0.25, 0.3) is 0 Å². The fraction of sp³-hybridized carbons (Fsp3) is 0.435.